The van der Waals surface area contributed by atoms with Gasteiger partial charge in [-0.2, -0.15) is 0 Å². The maximum atomic E-state index is 10.3. The quantitative estimate of drug-likeness (QED) is 0.273. The molecule has 0 radical (unpaired) electrons. The van der Waals surface area contributed by atoms with E-state index < -0.39 is 0 Å². The highest BCUT2D eigenvalue weighted by Gasteiger charge is 2.17. The van der Waals surface area contributed by atoms with E-state index in [4.69, 9.17) is 0 Å². The minimum Gasteiger partial charge on any atom is -0.508 e. The van der Waals surface area contributed by atoms with Crippen LogP contribution in [0, 0.1) is 0 Å². The molecule has 0 spiro atoms. The lowest BCUT2D eigenvalue weighted by atomic mass is 9.84. The van der Waals surface area contributed by atoms with E-state index in [1.54, 1.807) is 6.07 Å². The predicted molar refractivity (Wildman–Crippen MR) is 141 cm³/mol. The zero-order valence-electron chi connectivity index (χ0n) is 19.2. The minimum atomic E-state index is 0.294. The Labute approximate surface area is 202 Å². The van der Waals surface area contributed by atoms with Crippen molar-refractivity contribution in [1.82, 2.24) is 0 Å². The molecule has 5 aromatic carbocycles. The number of hydrogen-bond donors (Lipinski definition) is 1. The number of rotatable bonds is 7. The van der Waals surface area contributed by atoms with Gasteiger partial charge in [0, 0.05) is 0 Å². The topological polar surface area (TPSA) is 20.2 Å². The molecule has 1 N–H and O–H groups in total. The predicted octanol–water partition coefficient (Wildman–Crippen LogP) is 7.83. The Hall–Kier alpha value is -4.10. The van der Waals surface area contributed by atoms with Crippen molar-refractivity contribution >= 4 is 0 Å². The second kappa shape index (κ2) is 10.2. The van der Waals surface area contributed by atoms with Crippen LogP contribution >= 0.6 is 0 Å². The van der Waals surface area contributed by atoms with Gasteiger partial charge in [-0.15, -0.1) is 0 Å². The van der Waals surface area contributed by atoms with Gasteiger partial charge in [-0.05, 0) is 75.9 Å². The molecule has 0 aliphatic carbocycles. The number of phenolic OH excluding ortho intramolecular Hbond substituents is 1. The smallest absolute Gasteiger partial charge is 0.116 e. The summed E-state index contributed by atoms with van der Waals surface area (Å²) in [5.74, 6) is 0.294. The van der Waals surface area contributed by atoms with Gasteiger partial charge in [-0.1, -0.05) is 115 Å². The summed E-state index contributed by atoms with van der Waals surface area (Å²) in [6.45, 7) is 0. The Morgan fingerprint density at radius 1 is 0.441 bits per heavy atom. The molecule has 0 heterocycles. The molecule has 5 rings (SSSR count). The van der Waals surface area contributed by atoms with Crippen molar-refractivity contribution in [3.05, 3.63) is 161 Å². The maximum Gasteiger partial charge on any atom is 0.116 e. The second-order valence-corrected chi connectivity index (χ2v) is 8.77. The summed E-state index contributed by atoms with van der Waals surface area (Å²) in [5, 5.41) is 10.3. The molecule has 0 aliphatic rings. The van der Waals surface area contributed by atoms with E-state index in [1.165, 1.54) is 38.9 Å². The molecule has 166 valence electrons. The average Bonchev–Trinajstić information content (AvgIpc) is 2.87. The molecule has 0 saturated heterocycles. The van der Waals surface area contributed by atoms with Crippen molar-refractivity contribution in [1.29, 1.82) is 0 Å². The first-order valence-electron chi connectivity index (χ1n) is 11.8. The van der Waals surface area contributed by atoms with Crippen LogP contribution in [0.25, 0.3) is 11.1 Å². The van der Waals surface area contributed by atoms with E-state index in [1.807, 2.05) is 12.1 Å². The van der Waals surface area contributed by atoms with Gasteiger partial charge in [-0.3, -0.25) is 0 Å². The molecule has 0 atom stereocenters. The van der Waals surface area contributed by atoms with E-state index in [2.05, 4.69) is 109 Å². The van der Waals surface area contributed by atoms with Crippen LogP contribution in [0.3, 0.4) is 0 Å². The van der Waals surface area contributed by atoms with Crippen molar-refractivity contribution in [3.8, 4) is 16.9 Å². The lowest BCUT2D eigenvalue weighted by Gasteiger charge is -2.20. The molecular formula is C33H28O. The van der Waals surface area contributed by atoms with E-state index in [0.717, 1.165) is 24.8 Å². The Kier molecular flexibility index (Phi) is 6.54. The van der Waals surface area contributed by atoms with Gasteiger partial charge in [0.05, 0.1) is 0 Å². The highest BCUT2D eigenvalue weighted by Crippen LogP contribution is 2.36. The SMILES string of the molecule is Oc1cccc(-c2c(Cc3ccccc3)ccc(Cc3ccccc3)c2Cc2ccccc2)c1. The Bertz CT molecular complexity index is 1360. The molecule has 0 aliphatic heterocycles. The summed E-state index contributed by atoms with van der Waals surface area (Å²) >= 11 is 0. The van der Waals surface area contributed by atoms with Gasteiger partial charge in [0.2, 0.25) is 0 Å². The van der Waals surface area contributed by atoms with Gasteiger partial charge >= 0.3 is 0 Å². The lowest BCUT2D eigenvalue weighted by molar-refractivity contribution is 0.475. The fraction of sp³-hybridized carbons (Fsp3) is 0.0909. The summed E-state index contributed by atoms with van der Waals surface area (Å²) in [6.07, 6.45) is 2.57. The highest BCUT2D eigenvalue weighted by atomic mass is 16.3. The van der Waals surface area contributed by atoms with Crippen molar-refractivity contribution < 1.29 is 5.11 Å². The normalized spacial score (nSPS) is 10.8. The van der Waals surface area contributed by atoms with Gasteiger partial charge in [-0.25, -0.2) is 0 Å². The number of hydrogen-bond acceptors (Lipinski definition) is 1. The van der Waals surface area contributed by atoms with Crippen LogP contribution in [0.4, 0.5) is 0 Å². The van der Waals surface area contributed by atoms with Gasteiger partial charge in [0.1, 0.15) is 5.75 Å². The third kappa shape index (κ3) is 5.10. The molecule has 0 aromatic heterocycles. The number of aromatic hydroxyl groups is 1. The molecule has 0 fully saturated rings. The van der Waals surface area contributed by atoms with E-state index in [9.17, 15) is 5.11 Å². The third-order valence-electron chi connectivity index (χ3n) is 6.33. The zero-order chi connectivity index (χ0) is 23.2. The molecule has 1 heteroatoms. The summed E-state index contributed by atoms with van der Waals surface area (Å²) < 4.78 is 0. The standard InChI is InChI=1S/C33H28O/c34-31-18-10-17-29(24-31)33-30(22-26-13-6-2-7-14-26)20-19-28(21-25-11-4-1-5-12-25)32(33)23-27-15-8-3-9-16-27/h1-20,24,34H,21-23H2. The number of phenols is 1. The first-order valence-corrected chi connectivity index (χ1v) is 11.8. The molecule has 34 heavy (non-hydrogen) atoms. The average molecular weight is 441 g/mol. The van der Waals surface area contributed by atoms with Crippen LogP contribution < -0.4 is 0 Å². The van der Waals surface area contributed by atoms with Crippen LogP contribution in [0.2, 0.25) is 0 Å². The first kappa shape index (κ1) is 21.7. The van der Waals surface area contributed by atoms with Crippen LogP contribution in [0.15, 0.2) is 127 Å². The molecule has 0 amide bonds. The Morgan fingerprint density at radius 3 is 1.50 bits per heavy atom. The first-order chi connectivity index (χ1) is 16.8. The summed E-state index contributed by atoms with van der Waals surface area (Å²) in [7, 11) is 0. The van der Waals surface area contributed by atoms with Crippen LogP contribution in [-0.4, -0.2) is 5.11 Å². The Balaban J connectivity index is 1.70. The summed E-state index contributed by atoms with van der Waals surface area (Å²) in [5.41, 5.74) is 10.1. The second-order valence-electron chi connectivity index (χ2n) is 8.77. The van der Waals surface area contributed by atoms with Gasteiger partial charge in [0.15, 0.2) is 0 Å². The summed E-state index contributed by atoms with van der Waals surface area (Å²) in [6, 6.07) is 44.2. The molecule has 5 aromatic rings. The molecular weight excluding hydrogens is 412 g/mol. The molecule has 0 saturated carbocycles. The molecule has 0 bridgehead atoms. The van der Waals surface area contributed by atoms with E-state index in [-0.39, 0.29) is 0 Å². The van der Waals surface area contributed by atoms with Gasteiger partial charge < -0.3 is 5.11 Å². The van der Waals surface area contributed by atoms with Crippen LogP contribution in [-0.2, 0) is 19.3 Å². The van der Waals surface area contributed by atoms with Crippen molar-refractivity contribution in [2.75, 3.05) is 0 Å². The monoisotopic (exact) mass is 440 g/mol. The van der Waals surface area contributed by atoms with Crippen molar-refractivity contribution in [2.24, 2.45) is 0 Å². The number of benzene rings is 5. The van der Waals surface area contributed by atoms with Gasteiger partial charge in [0.25, 0.3) is 0 Å². The fourth-order valence-corrected chi connectivity index (χ4v) is 4.71. The summed E-state index contributed by atoms with van der Waals surface area (Å²) in [4.78, 5) is 0. The third-order valence-corrected chi connectivity index (χ3v) is 6.33. The van der Waals surface area contributed by atoms with Crippen LogP contribution in [0.5, 0.6) is 5.75 Å². The molecule has 1 nitrogen and oxygen atoms in total. The Morgan fingerprint density at radius 2 is 0.941 bits per heavy atom. The van der Waals surface area contributed by atoms with E-state index >= 15 is 0 Å². The maximum absolute atomic E-state index is 10.3. The fourth-order valence-electron chi connectivity index (χ4n) is 4.71. The van der Waals surface area contributed by atoms with Crippen LogP contribution in [0.1, 0.15) is 33.4 Å². The largest absolute Gasteiger partial charge is 0.508 e. The lowest BCUT2D eigenvalue weighted by Crippen LogP contribution is -2.04. The zero-order valence-corrected chi connectivity index (χ0v) is 19.2. The minimum absolute atomic E-state index is 0.294. The molecule has 0 unspecified atom stereocenters. The highest BCUT2D eigenvalue weighted by molar-refractivity contribution is 5.75. The van der Waals surface area contributed by atoms with Crippen molar-refractivity contribution in [3.63, 3.8) is 0 Å². The van der Waals surface area contributed by atoms with E-state index in [0.29, 0.717) is 5.75 Å². The van der Waals surface area contributed by atoms with Crippen molar-refractivity contribution in [2.45, 2.75) is 19.3 Å².